The van der Waals surface area contributed by atoms with E-state index in [1.165, 1.54) is 11.8 Å². The second-order valence-corrected chi connectivity index (χ2v) is 7.24. The average molecular weight is 379 g/mol. The highest BCUT2D eigenvalue weighted by Gasteiger charge is 2.17. The molecule has 1 saturated heterocycles. The highest BCUT2D eigenvalue weighted by Crippen LogP contribution is 2.16. The molecule has 7 nitrogen and oxygen atoms in total. The fraction of sp³-hybridized carbons (Fsp3) is 0.500. The van der Waals surface area contributed by atoms with Gasteiger partial charge in [0.2, 0.25) is 17.7 Å². The number of carbonyl (C=O) groups excluding carboxylic acids is 3. The van der Waals surface area contributed by atoms with Crippen LogP contribution in [0.15, 0.2) is 24.3 Å². The molecule has 0 radical (unpaired) electrons. The van der Waals surface area contributed by atoms with Crippen molar-refractivity contribution in [1.29, 1.82) is 0 Å². The number of thioether (sulfide) groups is 1. The fourth-order valence-electron chi connectivity index (χ4n) is 2.29. The molecule has 1 heterocycles. The molecule has 0 saturated carbocycles. The zero-order valence-corrected chi connectivity index (χ0v) is 15.9. The van der Waals surface area contributed by atoms with E-state index < -0.39 is 0 Å². The smallest absolute Gasteiger partial charge is 0.234 e. The van der Waals surface area contributed by atoms with Crippen LogP contribution in [0.25, 0.3) is 0 Å². The largest absolute Gasteiger partial charge is 0.378 e. The topological polar surface area (TPSA) is 87.7 Å². The van der Waals surface area contributed by atoms with Crippen molar-refractivity contribution >= 4 is 40.9 Å². The number of nitrogens with one attached hydrogen (secondary N) is 2. The van der Waals surface area contributed by atoms with E-state index in [-0.39, 0.29) is 35.1 Å². The Labute approximate surface area is 157 Å². The van der Waals surface area contributed by atoms with Gasteiger partial charge in [-0.25, -0.2) is 0 Å². The van der Waals surface area contributed by atoms with Crippen molar-refractivity contribution in [3.8, 4) is 0 Å². The summed E-state index contributed by atoms with van der Waals surface area (Å²) in [4.78, 5) is 37.6. The molecule has 0 bridgehead atoms. The zero-order chi connectivity index (χ0) is 18.9. The minimum Gasteiger partial charge on any atom is -0.378 e. The first-order chi connectivity index (χ1) is 12.5. The van der Waals surface area contributed by atoms with E-state index >= 15 is 0 Å². The molecule has 2 N–H and O–H groups in total. The van der Waals surface area contributed by atoms with Crippen molar-refractivity contribution in [3.05, 3.63) is 24.3 Å². The second kappa shape index (κ2) is 10.2. The Morgan fingerprint density at radius 3 is 2.42 bits per heavy atom. The predicted molar refractivity (Wildman–Crippen MR) is 103 cm³/mol. The van der Waals surface area contributed by atoms with Gasteiger partial charge in [-0.15, -0.1) is 11.8 Å². The maximum Gasteiger partial charge on any atom is 0.234 e. The molecule has 0 aliphatic carbocycles. The van der Waals surface area contributed by atoms with Crippen LogP contribution in [0.4, 0.5) is 11.4 Å². The maximum atomic E-state index is 12.0. The predicted octanol–water partition coefficient (Wildman–Crippen LogP) is 1.81. The summed E-state index contributed by atoms with van der Waals surface area (Å²) in [5.41, 5.74) is 1.24. The molecule has 0 unspecified atom stereocenters. The van der Waals surface area contributed by atoms with E-state index in [4.69, 9.17) is 4.74 Å². The summed E-state index contributed by atoms with van der Waals surface area (Å²) in [6.45, 7) is 5.99. The monoisotopic (exact) mass is 379 g/mol. The molecule has 1 aromatic carbocycles. The van der Waals surface area contributed by atoms with Gasteiger partial charge in [0.15, 0.2) is 0 Å². The maximum absolute atomic E-state index is 12.0. The molecular weight excluding hydrogens is 354 g/mol. The molecule has 1 aliphatic rings. The Bertz CT molecular complexity index is 645. The van der Waals surface area contributed by atoms with E-state index in [0.29, 0.717) is 37.7 Å². The lowest BCUT2D eigenvalue weighted by Crippen LogP contribution is -2.41. The van der Waals surface area contributed by atoms with Crippen molar-refractivity contribution in [2.45, 2.75) is 13.8 Å². The number of hydrogen-bond donors (Lipinski definition) is 2. The van der Waals surface area contributed by atoms with Gasteiger partial charge in [0.1, 0.15) is 0 Å². The molecule has 1 aliphatic heterocycles. The number of morpholine rings is 1. The lowest BCUT2D eigenvalue weighted by atomic mass is 10.2. The van der Waals surface area contributed by atoms with E-state index in [9.17, 15) is 14.4 Å². The number of nitrogens with zero attached hydrogens (tertiary/aromatic N) is 1. The summed E-state index contributed by atoms with van der Waals surface area (Å²) in [7, 11) is 0. The number of ether oxygens (including phenoxy) is 1. The van der Waals surface area contributed by atoms with Crippen LogP contribution in [0, 0.1) is 5.92 Å². The molecule has 1 aromatic rings. The van der Waals surface area contributed by atoms with Crippen LogP contribution >= 0.6 is 11.8 Å². The van der Waals surface area contributed by atoms with E-state index in [2.05, 4.69) is 10.6 Å². The molecule has 8 heteroatoms. The number of amides is 3. The summed E-state index contributed by atoms with van der Waals surface area (Å²) in [5.74, 6) is 0.122. The molecule has 0 aromatic heterocycles. The normalized spacial score (nSPS) is 14.2. The third-order valence-electron chi connectivity index (χ3n) is 3.76. The number of rotatable bonds is 7. The van der Waals surface area contributed by atoms with Gasteiger partial charge in [-0.1, -0.05) is 19.9 Å². The zero-order valence-electron chi connectivity index (χ0n) is 15.1. The molecule has 1 fully saturated rings. The minimum absolute atomic E-state index is 0.0319. The van der Waals surface area contributed by atoms with Crippen molar-refractivity contribution in [3.63, 3.8) is 0 Å². The average Bonchev–Trinajstić information content (AvgIpc) is 2.62. The van der Waals surface area contributed by atoms with Crippen molar-refractivity contribution in [2.75, 3.05) is 48.4 Å². The van der Waals surface area contributed by atoms with Gasteiger partial charge in [-0.3, -0.25) is 14.4 Å². The first kappa shape index (κ1) is 20.3. The van der Waals surface area contributed by atoms with Gasteiger partial charge in [0.25, 0.3) is 0 Å². The Hall–Kier alpha value is -2.06. The lowest BCUT2D eigenvalue weighted by molar-refractivity contribution is -0.132. The first-order valence-electron chi connectivity index (χ1n) is 8.59. The Balaban J connectivity index is 1.75. The van der Waals surface area contributed by atoms with Gasteiger partial charge < -0.3 is 20.3 Å². The van der Waals surface area contributed by atoms with Crippen LogP contribution in [0.3, 0.4) is 0 Å². The molecule has 142 valence electrons. The summed E-state index contributed by atoms with van der Waals surface area (Å²) in [6, 6.07) is 7.00. The quantitative estimate of drug-likeness (QED) is 0.754. The van der Waals surface area contributed by atoms with Gasteiger partial charge in [-0.2, -0.15) is 0 Å². The summed E-state index contributed by atoms with van der Waals surface area (Å²) in [6.07, 6.45) is 0. The summed E-state index contributed by atoms with van der Waals surface area (Å²) in [5, 5.41) is 5.58. The number of anilines is 2. The Kier molecular flexibility index (Phi) is 7.93. The van der Waals surface area contributed by atoms with E-state index in [0.717, 1.165) is 0 Å². The molecule has 0 atom stereocenters. The van der Waals surface area contributed by atoms with Crippen LogP contribution in [-0.2, 0) is 19.1 Å². The Morgan fingerprint density at radius 1 is 1.12 bits per heavy atom. The first-order valence-corrected chi connectivity index (χ1v) is 9.75. The minimum atomic E-state index is -0.183. The van der Waals surface area contributed by atoms with Crippen molar-refractivity contribution in [2.24, 2.45) is 5.92 Å². The lowest BCUT2D eigenvalue weighted by Gasteiger charge is -2.26. The highest BCUT2D eigenvalue weighted by atomic mass is 32.2. The molecule has 0 spiro atoms. The molecule has 2 rings (SSSR count). The molecular formula is C18H25N3O4S. The molecule has 3 amide bonds. The second-order valence-electron chi connectivity index (χ2n) is 6.26. The van der Waals surface area contributed by atoms with Gasteiger partial charge in [0, 0.05) is 30.4 Å². The standard InChI is InChI=1S/C18H25N3O4S/c1-13(2)18(24)20-15-5-3-4-14(10-15)19-16(22)11-26-12-17(23)21-6-8-25-9-7-21/h3-5,10,13H,6-9,11-12H2,1-2H3,(H,19,22)(H,20,24). The summed E-state index contributed by atoms with van der Waals surface area (Å²) < 4.78 is 5.21. The third kappa shape index (κ3) is 6.68. The van der Waals surface area contributed by atoms with Gasteiger partial charge >= 0.3 is 0 Å². The van der Waals surface area contributed by atoms with Crippen LogP contribution in [0.5, 0.6) is 0 Å². The van der Waals surface area contributed by atoms with Crippen LogP contribution in [-0.4, -0.2) is 60.4 Å². The SMILES string of the molecule is CC(C)C(=O)Nc1cccc(NC(=O)CSCC(=O)N2CCOCC2)c1. The highest BCUT2D eigenvalue weighted by molar-refractivity contribution is 8.00. The van der Waals surface area contributed by atoms with Crippen LogP contribution in [0.2, 0.25) is 0 Å². The fourth-order valence-corrected chi connectivity index (χ4v) is 3.01. The number of hydrogen-bond acceptors (Lipinski definition) is 5. The van der Waals surface area contributed by atoms with Crippen molar-refractivity contribution in [1.82, 2.24) is 4.90 Å². The number of benzene rings is 1. The third-order valence-corrected chi connectivity index (χ3v) is 4.68. The van der Waals surface area contributed by atoms with Crippen LogP contribution < -0.4 is 10.6 Å². The molecule has 26 heavy (non-hydrogen) atoms. The van der Waals surface area contributed by atoms with E-state index in [1.54, 1.807) is 29.2 Å². The number of carbonyl (C=O) groups is 3. The van der Waals surface area contributed by atoms with Crippen LogP contribution in [0.1, 0.15) is 13.8 Å². The van der Waals surface area contributed by atoms with E-state index in [1.807, 2.05) is 13.8 Å². The van der Waals surface area contributed by atoms with Gasteiger partial charge in [0.05, 0.1) is 24.7 Å². The van der Waals surface area contributed by atoms with Gasteiger partial charge in [-0.05, 0) is 18.2 Å². The van der Waals surface area contributed by atoms with Crippen molar-refractivity contribution < 1.29 is 19.1 Å². The summed E-state index contributed by atoms with van der Waals surface area (Å²) >= 11 is 1.29. The Morgan fingerprint density at radius 2 is 1.77 bits per heavy atom.